The van der Waals surface area contributed by atoms with Crippen LogP contribution in [0.15, 0.2) is 0 Å². The van der Waals surface area contributed by atoms with Gasteiger partial charge >= 0.3 is 29.8 Å². The molecule has 0 unspecified atom stereocenters. The van der Waals surface area contributed by atoms with Crippen LogP contribution in [-0.2, 0) is 57.1 Å². The van der Waals surface area contributed by atoms with Crippen LogP contribution in [0.3, 0.4) is 0 Å². The lowest BCUT2D eigenvalue weighted by molar-refractivity contribution is -0.308. The summed E-state index contributed by atoms with van der Waals surface area (Å²) < 4.78 is 37.4. The van der Waals surface area contributed by atoms with Crippen molar-refractivity contribution in [2.24, 2.45) is 0 Å². The minimum atomic E-state index is -1.27. The number of carbonyl (C=O) groups is 5. The zero-order valence-electron chi connectivity index (χ0n) is 19.7. The van der Waals surface area contributed by atoms with Gasteiger partial charge in [0.05, 0.1) is 12.4 Å². The first-order chi connectivity index (χ1) is 16.0. The van der Waals surface area contributed by atoms with Crippen LogP contribution in [-0.4, -0.2) is 86.1 Å². The molecule has 1 aliphatic heterocycles. The van der Waals surface area contributed by atoms with Crippen LogP contribution in [0.1, 0.15) is 47.0 Å². The Kier molecular flexibility index (Phi) is 13.5. The number of esters is 5. The molecule has 0 spiro atoms. The number of unbranched alkanes of at least 4 members (excludes halogenated alkanes) is 2. The lowest BCUT2D eigenvalue weighted by Gasteiger charge is -2.44. The predicted molar refractivity (Wildman–Crippen MR) is 117 cm³/mol. The second kappa shape index (κ2) is 15.5. The molecule has 34 heavy (non-hydrogen) atoms. The van der Waals surface area contributed by atoms with E-state index >= 15 is 0 Å². The zero-order valence-corrected chi connectivity index (χ0v) is 20.6. The summed E-state index contributed by atoms with van der Waals surface area (Å²) in [7, 11) is 0. The Morgan fingerprint density at radius 3 is 1.82 bits per heavy atom. The molecule has 12 nitrogen and oxygen atoms in total. The summed E-state index contributed by atoms with van der Waals surface area (Å²) in [6, 6.07) is 0. The normalized spacial score (nSPS) is 24.0. The number of hydrogen-bond acceptors (Lipinski definition) is 13. The molecule has 1 fully saturated rings. The van der Waals surface area contributed by atoms with E-state index in [4.69, 9.17) is 33.2 Å². The molecule has 0 bridgehead atoms. The van der Waals surface area contributed by atoms with Crippen LogP contribution in [0.4, 0.5) is 0 Å². The second-order valence-electron chi connectivity index (χ2n) is 7.38. The van der Waals surface area contributed by atoms with Crippen molar-refractivity contribution in [2.45, 2.75) is 77.7 Å². The molecule has 0 amide bonds. The van der Waals surface area contributed by atoms with E-state index in [1.54, 1.807) is 0 Å². The molecule has 0 aliphatic carbocycles. The molecule has 0 N–H and O–H groups in total. The third-order valence-corrected chi connectivity index (χ3v) is 4.67. The fraction of sp³-hybridized carbons (Fsp3) is 0.762. The third-order valence-electron chi connectivity index (χ3n) is 4.41. The molecule has 0 aromatic carbocycles. The highest BCUT2D eigenvalue weighted by Crippen LogP contribution is 2.30. The average Bonchev–Trinajstić information content (AvgIpc) is 2.74. The summed E-state index contributed by atoms with van der Waals surface area (Å²) >= 11 is 3.82. The highest BCUT2D eigenvalue weighted by Gasteiger charge is 2.52. The van der Waals surface area contributed by atoms with E-state index < -0.39 is 60.6 Å². The van der Waals surface area contributed by atoms with Crippen molar-refractivity contribution in [2.75, 3.05) is 25.6 Å². The van der Waals surface area contributed by atoms with Crippen molar-refractivity contribution in [1.29, 1.82) is 0 Å². The number of rotatable bonds is 13. The van der Waals surface area contributed by atoms with Gasteiger partial charge in [0, 0.05) is 34.3 Å². The Bertz CT molecular complexity index is 712. The van der Waals surface area contributed by atoms with Gasteiger partial charge in [0.1, 0.15) is 12.7 Å². The Balaban J connectivity index is 2.94. The van der Waals surface area contributed by atoms with E-state index in [2.05, 4.69) is 12.6 Å². The van der Waals surface area contributed by atoms with Crippen LogP contribution in [0.25, 0.3) is 0 Å². The van der Waals surface area contributed by atoms with Crippen molar-refractivity contribution >= 4 is 42.5 Å². The SMILES string of the molecule is CC(=O)OC[C@H]1O[C@@H](OCCCCCOC(=O)CS)[C@H](OC(C)=O)[C@@H](OC(C)=O)[C@H]1OC(C)=O. The summed E-state index contributed by atoms with van der Waals surface area (Å²) in [6.45, 7) is 4.71. The number of hydrogen-bond donors (Lipinski definition) is 1. The largest absolute Gasteiger partial charge is 0.465 e. The van der Waals surface area contributed by atoms with E-state index in [0.717, 1.165) is 20.8 Å². The number of ether oxygens (including phenoxy) is 7. The molecule has 0 radical (unpaired) electrons. The van der Waals surface area contributed by atoms with Crippen LogP contribution in [0.2, 0.25) is 0 Å². The minimum Gasteiger partial charge on any atom is -0.465 e. The first kappa shape index (κ1) is 29.7. The van der Waals surface area contributed by atoms with Gasteiger partial charge in [0.2, 0.25) is 0 Å². The summed E-state index contributed by atoms with van der Waals surface area (Å²) in [5.41, 5.74) is 0. The van der Waals surface area contributed by atoms with Crippen LogP contribution < -0.4 is 0 Å². The quantitative estimate of drug-likeness (QED) is 0.162. The average molecular weight is 509 g/mol. The maximum atomic E-state index is 11.8. The van der Waals surface area contributed by atoms with E-state index in [0.29, 0.717) is 19.3 Å². The van der Waals surface area contributed by atoms with E-state index in [-0.39, 0.29) is 25.6 Å². The van der Waals surface area contributed by atoms with Gasteiger partial charge in [-0.1, -0.05) is 0 Å². The summed E-state index contributed by atoms with van der Waals surface area (Å²) in [5.74, 6) is -3.14. The Labute approximate surface area is 203 Å². The molecule has 0 saturated carbocycles. The van der Waals surface area contributed by atoms with Gasteiger partial charge < -0.3 is 33.2 Å². The van der Waals surface area contributed by atoms with Crippen molar-refractivity contribution in [3.8, 4) is 0 Å². The van der Waals surface area contributed by atoms with Gasteiger partial charge in [-0.25, -0.2) is 0 Å². The van der Waals surface area contributed by atoms with Crippen molar-refractivity contribution in [3.05, 3.63) is 0 Å². The highest BCUT2D eigenvalue weighted by atomic mass is 32.1. The number of thiol groups is 1. The lowest BCUT2D eigenvalue weighted by atomic mass is 9.98. The molecule has 1 heterocycles. The maximum Gasteiger partial charge on any atom is 0.315 e. The molecule has 0 aromatic heterocycles. The maximum absolute atomic E-state index is 11.8. The molecule has 1 aliphatic rings. The van der Waals surface area contributed by atoms with Crippen LogP contribution >= 0.6 is 12.6 Å². The van der Waals surface area contributed by atoms with Crippen molar-refractivity contribution in [1.82, 2.24) is 0 Å². The van der Waals surface area contributed by atoms with E-state index in [9.17, 15) is 24.0 Å². The molecule has 0 aromatic rings. The van der Waals surface area contributed by atoms with Gasteiger partial charge in [0.25, 0.3) is 0 Å². The monoisotopic (exact) mass is 508 g/mol. The molecule has 1 saturated heterocycles. The summed E-state index contributed by atoms with van der Waals surface area (Å²) in [4.78, 5) is 57.6. The summed E-state index contributed by atoms with van der Waals surface area (Å²) in [5, 5.41) is 0. The Morgan fingerprint density at radius 2 is 1.26 bits per heavy atom. The molecule has 5 atom stereocenters. The van der Waals surface area contributed by atoms with Crippen LogP contribution in [0, 0.1) is 0 Å². The molecule has 13 heteroatoms. The topological polar surface area (TPSA) is 150 Å². The highest BCUT2D eigenvalue weighted by molar-refractivity contribution is 7.81. The fourth-order valence-electron chi connectivity index (χ4n) is 3.13. The van der Waals surface area contributed by atoms with E-state index in [1.165, 1.54) is 6.92 Å². The van der Waals surface area contributed by atoms with Crippen molar-refractivity contribution < 1.29 is 57.1 Å². The van der Waals surface area contributed by atoms with Gasteiger partial charge in [-0.3, -0.25) is 24.0 Å². The van der Waals surface area contributed by atoms with Gasteiger partial charge in [-0.05, 0) is 19.3 Å². The summed E-state index contributed by atoms with van der Waals surface area (Å²) in [6.07, 6.45) is -4.22. The predicted octanol–water partition coefficient (Wildman–Crippen LogP) is 0.729. The zero-order chi connectivity index (χ0) is 25.7. The van der Waals surface area contributed by atoms with E-state index in [1.807, 2.05) is 0 Å². The number of carbonyl (C=O) groups excluding carboxylic acids is 5. The van der Waals surface area contributed by atoms with Gasteiger partial charge in [-0.2, -0.15) is 12.6 Å². The first-order valence-corrected chi connectivity index (χ1v) is 11.4. The lowest BCUT2D eigenvalue weighted by Crippen LogP contribution is -2.63. The van der Waals surface area contributed by atoms with Gasteiger partial charge in [-0.15, -0.1) is 0 Å². The smallest absolute Gasteiger partial charge is 0.315 e. The van der Waals surface area contributed by atoms with Crippen molar-refractivity contribution in [3.63, 3.8) is 0 Å². The molecule has 194 valence electrons. The molecular weight excluding hydrogens is 476 g/mol. The van der Waals surface area contributed by atoms with Crippen LogP contribution in [0.5, 0.6) is 0 Å². The fourth-order valence-corrected chi connectivity index (χ4v) is 3.23. The Morgan fingerprint density at radius 1 is 0.706 bits per heavy atom. The standard InChI is InChI=1S/C21H32O12S/c1-12(22)29-10-16-18(30-13(2)23)19(31-14(3)24)20(32-15(4)25)21(33-16)28-9-7-5-6-8-27-17(26)11-34/h16,18-21,34H,5-11H2,1-4H3/t16-,18+,19+,20-,21-/m1/s1. The minimum absolute atomic E-state index is 0.00597. The molecular formula is C21H32O12S. The molecule has 1 rings (SSSR count). The second-order valence-corrected chi connectivity index (χ2v) is 7.69. The Hall–Kier alpha value is -2.38. The first-order valence-electron chi connectivity index (χ1n) is 10.7. The van der Waals surface area contributed by atoms with Gasteiger partial charge in [0.15, 0.2) is 24.6 Å². The third kappa shape index (κ3) is 11.2.